The van der Waals surface area contributed by atoms with Crippen molar-refractivity contribution < 1.29 is 9.46 Å². The summed E-state index contributed by atoms with van der Waals surface area (Å²) in [5.41, 5.74) is 9.27. The van der Waals surface area contributed by atoms with Gasteiger partial charge in [0.15, 0.2) is 0 Å². The number of nitrogens with zero attached hydrogens (tertiary/aromatic N) is 1. The van der Waals surface area contributed by atoms with Crippen LogP contribution in [-0.4, -0.2) is 5.96 Å². The van der Waals surface area contributed by atoms with E-state index in [1.807, 2.05) is 0 Å². The summed E-state index contributed by atoms with van der Waals surface area (Å²) in [6, 6.07) is 0. The first kappa shape index (κ1) is 10.6. The first-order valence-corrected chi connectivity index (χ1v) is 2.50. The Hall–Kier alpha value is -0.320. The Balaban J connectivity index is 0. The summed E-state index contributed by atoms with van der Waals surface area (Å²) in [5.74, 6) is -0.434. The van der Waals surface area contributed by atoms with Crippen LogP contribution in [0.5, 0.6) is 0 Å². The van der Waals surface area contributed by atoms with Crippen molar-refractivity contribution >= 4 is 27.6 Å². The lowest BCUT2D eigenvalue weighted by Gasteiger charge is -1.77. The minimum Gasteiger partial charge on any atom is -0.571 e. The highest BCUT2D eigenvalue weighted by Gasteiger charge is 1.91. The van der Waals surface area contributed by atoms with Crippen molar-refractivity contribution in [1.29, 1.82) is 0 Å². The van der Waals surface area contributed by atoms with Crippen LogP contribution in [0.1, 0.15) is 0 Å². The maximum absolute atomic E-state index is 9.50. The van der Waals surface area contributed by atoms with Gasteiger partial charge in [0.1, 0.15) is 0 Å². The van der Waals surface area contributed by atoms with Gasteiger partial charge in [0.05, 0.1) is 0 Å². The molecule has 0 aromatic rings. The molecule has 0 aliphatic heterocycles. The van der Waals surface area contributed by atoms with E-state index in [0.717, 1.165) is 0 Å². The molecule has 0 aromatic heterocycles. The Labute approximate surface area is 54.1 Å². The molecule has 7 heteroatoms. The molecule has 1 unspecified atom stereocenters. The van der Waals surface area contributed by atoms with Gasteiger partial charge in [-0.1, -0.05) is 0 Å². The fourth-order valence-corrected chi connectivity index (χ4v) is 0.283. The van der Waals surface area contributed by atoms with Crippen LogP contribution in [0.3, 0.4) is 0 Å². The van der Waals surface area contributed by atoms with Crippen molar-refractivity contribution in [3.8, 4) is 0 Å². The highest BCUT2D eigenvalue weighted by atomic mass is 32.1. The van der Waals surface area contributed by atoms with Gasteiger partial charge in [-0.2, -0.15) is 13.5 Å². The van der Waals surface area contributed by atoms with Gasteiger partial charge in [0, 0.05) is 4.76 Å². The summed E-state index contributed by atoms with van der Waals surface area (Å²) in [4.78, 5) is 9.50. The topological polar surface area (TPSA) is 105 Å². The zero-order chi connectivity index (χ0) is 5.86. The highest BCUT2D eigenvalue weighted by Crippen LogP contribution is 2.04. The molecule has 0 saturated heterocycles. The van der Waals surface area contributed by atoms with E-state index in [0.29, 0.717) is 0 Å². The van der Waals surface area contributed by atoms with Crippen molar-refractivity contribution in [2.24, 2.45) is 16.2 Å². The summed E-state index contributed by atoms with van der Waals surface area (Å²) in [5, 5.41) is 0. The molecule has 0 fully saturated rings. The average molecular weight is 155 g/mol. The third-order valence-corrected chi connectivity index (χ3v) is 0.591. The van der Waals surface area contributed by atoms with E-state index in [1.165, 1.54) is 0 Å². The monoisotopic (exact) mass is 155 g/mol. The maximum Gasteiger partial charge on any atom is 0.467 e. The van der Waals surface area contributed by atoms with Crippen LogP contribution in [-0.2, 0) is 4.57 Å². The quantitative estimate of drug-likeness (QED) is 0.270. The van der Waals surface area contributed by atoms with E-state index >= 15 is 0 Å². The number of guanidine groups is 1. The standard InChI is InChI=1S/CH4N3O2P.H2S/c2-1(3)4-7(5)6;/h(H4,2,3,4,5,6);1H2. The van der Waals surface area contributed by atoms with Crippen LogP contribution in [0.15, 0.2) is 4.76 Å². The summed E-state index contributed by atoms with van der Waals surface area (Å²) < 4.78 is 12.2. The zero-order valence-electron chi connectivity index (χ0n) is 3.87. The smallest absolute Gasteiger partial charge is 0.467 e. The van der Waals surface area contributed by atoms with E-state index < -0.39 is 14.1 Å². The molecule has 0 saturated carbocycles. The Morgan fingerprint density at radius 3 is 2.00 bits per heavy atom. The molecule has 0 aromatic carbocycles. The number of rotatable bonds is 1. The molecule has 1 atom stereocenters. The van der Waals surface area contributed by atoms with Crippen LogP contribution >= 0.6 is 21.7 Å². The minimum atomic E-state index is -2.80. The average Bonchev–Trinajstić information content (AvgIpc) is 1.27. The number of hydrogen-bond donors (Lipinski definition) is 2. The predicted molar refractivity (Wildman–Crippen MR) is 33.8 cm³/mol. The van der Waals surface area contributed by atoms with Gasteiger partial charge in [-0.05, 0) is 4.57 Å². The fourth-order valence-electron chi connectivity index (χ4n) is 0.0943. The molecular weight excluding hydrogens is 149 g/mol. The Kier molecular flexibility index (Phi) is 6.41. The van der Waals surface area contributed by atoms with E-state index in [2.05, 4.69) is 16.2 Å². The van der Waals surface area contributed by atoms with Gasteiger partial charge >= 0.3 is 8.18 Å². The normalized spacial score (nSPS) is 8.88. The Morgan fingerprint density at radius 2 is 2.00 bits per heavy atom. The van der Waals surface area contributed by atoms with Crippen LogP contribution in [0.25, 0.3) is 0 Å². The molecule has 48 valence electrons. The number of nitrogens with two attached hydrogens (primary N) is 2. The second-order valence-electron chi connectivity index (χ2n) is 0.763. The summed E-state index contributed by atoms with van der Waals surface area (Å²) >= 11 is 0. The molecule has 5 nitrogen and oxygen atoms in total. The molecule has 8 heavy (non-hydrogen) atoms. The van der Waals surface area contributed by atoms with Crippen LogP contribution < -0.4 is 16.4 Å². The summed E-state index contributed by atoms with van der Waals surface area (Å²) in [6.07, 6.45) is 0. The van der Waals surface area contributed by atoms with Crippen LogP contribution in [0, 0.1) is 0 Å². The lowest BCUT2D eigenvalue weighted by Crippen LogP contribution is -2.22. The molecule has 0 radical (unpaired) electrons. The van der Waals surface area contributed by atoms with Gasteiger partial charge in [0.25, 0.3) is 0 Å². The molecule has 0 spiro atoms. The Morgan fingerprint density at radius 1 is 1.62 bits per heavy atom. The molecule has 0 heterocycles. The van der Waals surface area contributed by atoms with Gasteiger partial charge in [-0.25, -0.2) is 0 Å². The third-order valence-electron chi connectivity index (χ3n) is 0.197. The largest absolute Gasteiger partial charge is 0.571 e. The third kappa shape index (κ3) is 9.19. The lowest BCUT2D eigenvalue weighted by atomic mass is 11.1. The van der Waals surface area contributed by atoms with E-state index in [1.54, 1.807) is 0 Å². The molecule has 0 rings (SSSR count). The van der Waals surface area contributed by atoms with Crippen molar-refractivity contribution in [1.82, 2.24) is 0 Å². The van der Waals surface area contributed by atoms with Gasteiger partial charge in [0.2, 0.25) is 5.96 Å². The number of hydrogen-bond acceptors (Lipinski definition) is 2. The molecule has 0 bridgehead atoms. The van der Waals surface area contributed by atoms with Crippen molar-refractivity contribution in [2.45, 2.75) is 0 Å². The van der Waals surface area contributed by atoms with Crippen molar-refractivity contribution in [3.63, 3.8) is 0 Å². The van der Waals surface area contributed by atoms with Crippen molar-refractivity contribution in [2.75, 3.05) is 0 Å². The van der Waals surface area contributed by atoms with E-state index in [9.17, 15) is 9.46 Å². The minimum absolute atomic E-state index is 0. The first-order valence-electron chi connectivity index (χ1n) is 1.37. The van der Waals surface area contributed by atoms with Gasteiger partial charge in [-0.15, -0.1) is 0 Å². The maximum atomic E-state index is 9.50. The summed E-state index contributed by atoms with van der Waals surface area (Å²) in [6.45, 7) is 0. The first-order chi connectivity index (χ1) is 3.13. The van der Waals surface area contributed by atoms with Crippen LogP contribution in [0.4, 0.5) is 0 Å². The van der Waals surface area contributed by atoms with Crippen LogP contribution in [0.2, 0.25) is 0 Å². The fraction of sp³-hybridized carbons (Fsp3) is 0. The highest BCUT2D eigenvalue weighted by molar-refractivity contribution is 7.59. The van der Waals surface area contributed by atoms with Crippen molar-refractivity contribution in [3.05, 3.63) is 0 Å². The zero-order valence-corrected chi connectivity index (χ0v) is 5.76. The van der Waals surface area contributed by atoms with E-state index in [-0.39, 0.29) is 13.5 Å². The Bertz CT molecular complexity index is 110. The lowest BCUT2D eigenvalue weighted by molar-refractivity contribution is -0.164. The van der Waals surface area contributed by atoms with Gasteiger partial charge in [-0.3, -0.25) is 0 Å². The molecule has 0 amide bonds. The molecule has 0 aliphatic rings. The second kappa shape index (κ2) is 4.83. The SMILES string of the molecule is NC(N)=N[P+](=O)[O-].S. The molecule has 4 N–H and O–H groups in total. The predicted octanol–water partition coefficient (Wildman–Crippen LogP) is -1.61. The van der Waals surface area contributed by atoms with Gasteiger partial charge < -0.3 is 16.4 Å². The molecule has 0 aliphatic carbocycles. The second-order valence-corrected chi connectivity index (χ2v) is 1.44. The van der Waals surface area contributed by atoms with E-state index in [4.69, 9.17) is 0 Å². The molecular formula is CH6N3O2PS. The summed E-state index contributed by atoms with van der Waals surface area (Å²) in [7, 11) is -2.80.